The van der Waals surface area contributed by atoms with Gasteiger partial charge >= 0.3 is 0 Å². The van der Waals surface area contributed by atoms with Crippen LogP contribution in [0.1, 0.15) is 20.3 Å². The first-order valence-corrected chi connectivity index (χ1v) is 10.5. The van der Waals surface area contributed by atoms with Crippen LogP contribution >= 0.6 is 11.8 Å². The van der Waals surface area contributed by atoms with E-state index in [1.54, 1.807) is 31.2 Å². The number of aromatic nitrogens is 2. The van der Waals surface area contributed by atoms with Crippen molar-refractivity contribution in [1.29, 1.82) is 0 Å². The predicted octanol–water partition coefficient (Wildman–Crippen LogP) is 4.27. The summed E-state index contributed by atoms with van der Waals surface area (Å²) in [6, 6.07) is 17.6. The molecule has 0 aliphatic heterocycles. The van der Waals surface area contributed by atoms with Gasteiger partial charge < -0.3 is 15.2 Å². The molecule has 3 aromatic rings. The van der Waals surface area contributed by atoms with Crippen LogP contribution in [0.3, 0.4) is 0 Å². The Bertz CT molecular complexity index is 1050. The van der Waals surface area contributed by atoms with Crippen molar-refractivity contribution in [3.63, 3.8) is 0 Å². The van der Waals surface area contributed by atoms with Gasteiger partial charge in [0.25, 0.3) is 5.56 Å². The van der Waals surface area contributed by atoms with Crippen LogP contribution in [0, 0.1) is 0 Å². The minimum Gasteiger partial charge on any atom is -0.493 e. The lowest BCUT2D eigenvalue weighted by Crippen LogP contribution is -2.26. The van der Waals surface area contributed by atoms with Crippen molar-refractivity contribution < 1.29 is 14.6 Å². The van der Waals surface area contributed by atoms with Crippen LogP contribution in [-0.4, -0.2) is 25.8 Å². The Morgan fingerprint density at radius 1 is 1.17 bits per heavy atom. The minimum absolute atomic E-state index is 0.239. The van der Waals surface area contributed by atoms with Crippen LogP contribution in [0.2, 0.25) is 0 Å². The Morgan fingerprint density at radius 3 is 2.50 bits per heavy atom. The molecular weight excluding hydrogens is 402 g/mol. The molecule has 0 aliphatic rings. The number of anilines is 1. The third kappa shape index (κ3) is 5.64. The van der Waals surface area contributed by atoms with Gasteiger partial charge in [0.15, 0.2) is 5.16 Å². The van der Waals surface area contributed by atoms with Crippen molar-refractivity contribution in [2.45, 2.75) is 37.2 Å². The largest absolute Gasteiger partial charge is 0.493 e. The lowest BCUT2D eigenvalue weighted by molar-refractivity contribution is -0.115. The molecule has 1 atom stereocenters. The Balaban J connectivity index is 1.64. The van der Waals surface area contributed by atoms with Crippen LogP contribution < -0.4 is 15.6 Å². The lowest BCUT2D eigenvalue weighted by Gasteiger charge is -2.15. The van der Waals surface area contributed by atoms with Crippen molar-refractivity contribution in [3.05, 3.63) is 71.0 Å². The zero-order valence-electron chi connectivity index (χ0n) is 16.7. The van der Waals surface area contributed by atoms with Gasteiger partial charge in [-0.25, -0.2) is 0 Å². The molecule has 8 heteroatoms. The fourth-order valence-electron chi connectivity index (χ4n) is 2.68. The number of thioether (sulfide) groups is 1. The van der Waals surface area contributed by atoms with E-state index in [4.69, 9.17) is 4.74 Å². The van der Waals surface area contributed by atoms with Gasteiger partial charge in [0.2, 0.25) is 11.8 Å². The zero-order valence-corrected chi connectivity index (χ0v) is 17.6. The number of para-hydroxylation sites is 1. The average molecular weight is 426 g/mol. The fraction of sp³-hybridized carbons (Fsp3) is 0.227. The Hall–Kier alpha value is -3.26. The van der Waals surface area contributed by atoms with E-state index < -0.39 is 5.25 Å². The fourth-order valence-corrected chi connectivity index (χ4v) is 3.62. The number of hydrogen-bond acceptors (Lipinski definition) is 6. The Morgan fingerprint density at radius 2 is 1.83 bits per heavy atom. The normalized spacial score (nSPS) is 11.7. The highest BCUT2D eigenvalue weighted by molar-refractivity contribution is 8.00. The molecule has 7 nitrogen and oxygen atoms in total. The summed E-state index contributed by atoms with van der Waals surface area (Å²) in [5.74, 6) is 0.805. The summed E-state index contributed by atoms with van der Waals surface area (Å²) in [4.78, 5) is 28.7. The first-order valence-electron chi connectivity index (χ1n) is 9.57. The van der Waals surface area contributed by atoms with Crippen LogP contribution in [0.5, 0.6) is 17.4 Å². The van der Waals surface area contributed by atoms with Gasteiger partial charge in [-0.2, -0.15) is 4.98 Å². The molecule has 0 bridgehead atoms. The molecule has 1 aromatic heterocycles. The maximum Gasteiger partial charge on any atom is 0.257 e. The standard InChI is InChI=1S/C22H23N3O4S/c1-3-13-25-20(27)14-19(26)24-22(25)30-15(2)21(28)23-16-9-11-18(12-10-16)29-17-7-5-4-6-8-17/h4-12,14-15,26H,3,13H2,1-2H3,(H,23,28)/t15-/m0/s1. The molecule has 1 amide bonds. The van der Waals surface area contributed by atoms with E-state index in [2.05, 4.69) is 10.3 Å². The second-order valence-electron chi connectivity index (χ2n) is 6.58. The Kier molecular flexibility index (Phi) is 7.13. The number of nitrogens with zero attached hydrogens (tertiary/aromatic N) is 2. The van der Waals surface area contributed by atoms with Crippen molar-refractivity contribution in [3.8, 4) is 17.4 Å². The summed E-state index contributed by atoms with van der Waals surface area (Å²) in [5.41, 5.74) is 0.288. The molecule has 156 valence electrons. The van der Waals surface area contributed by atoms with Crippen molar-refractivity contribution in [2.24, 2.45) is 0 Å². The quantitative estimate of drug-likeness (QED) is 0.414. The van der Waals surface area contributed by atoms with Gasteiger partial charge in [-0.15, -0.1) is 0 Å². The summed E-state index contributed by atoms with van der Waals surface area (Å²) in [6.45, 7) is 4.13. The predicted molar refractivity (Wildman–Crippen MR) is 117 cm³/mol. The van der Waals surface area contributed by atoms with Gasteiger partial charge in [-0.05, 0) is 49.7 Å². The van der Waals surface area contributed by atoms with Crippen molar-refractivity contribution >= 4 is 23.4 Å². The van der Waals surface area contributed by atoms with E-state index in [1.165, 1.54) is 4.57 Å². The molecule has 0 radical (unpaired) electrons. The SMILES string of the molecule is CCCn1c(S[C@@H](C)C(=O)Nc2ccc(Oc3ccccc3)cc2)nc(O)cc1=O. The van der Waals surface area contributed by atoms with Crippen LogP contribution in [-0.2, 0) is 11.3 Å². The van der Waals surface area contributed by atoms with Crippen LogP contribution in [0.4, 0.5) is 5.69 Å². The molecule has 0 spiro atoms. The van der Waals surface area contributed by atoms with Crippen LogP contribution in [0.25, 0.3) is 0 Å². The monoisotopic (exact) mass is 425 g/mol. The molecule has 2 aromatic carbocycles. The van der Waals surface area contributed by atoms with E-state index in [9.17, 15) is 14.7 Å². The number of carbonyl (C=O) groups excluding carboxylic acids is 1. The molecule has 30 heavy (non-hydrogen) atoms. The van der Waals surface area contributed by atoms with Crippen molar-refractivity contribution in [1.82, 2.24) is 9.55 Å². The maximum atomic E-state index is 12.6. The summed E-state index contributed by atoms with van der Waals surface area (Å²) >= 11 is 1.13. The van der Waals surface area contributed by atoms with Gasteiger partial charge in [-0.1, -0.05) is 36.9 Å². The summed E-state index contributed by atoms with van der Waals surface area (Å²) in [6.07, 6.45) is 0.734. The number of carbonyl (C=O) groups is 1. The second kappa shape index (κ2) is 9.98. The maximum absolute atomic E-state index is 12.6. The van der Waals surface area contributed by atoms with Gasteiger partial charge in [0.05, 0.1) is 11.3 Å². The molecule has 1 heterocycles. The van der Waals surface area contributed by atoms with E-state index in [1.807, 2.05) is 37.3 Å². The molecule has 0 saturated carbocycles. The summed E-state index contributed by atoms with van der Waals surface area (Å²) in [5, 5.41) is 12.3. The number of nitrogens with one attached hydrogen (secondary N) is 1. The number of amides is 1. The third-order valence-corrected chi connectivity index (χ3v) is 5.25. The van der Waals surface area contributed by atoms with E-state index in [-0.39, 0.29) is 17.3 Å². The molecular formula is C22H23N3O4S. The molecule has 3 rings (SSSR count). The van der Waals surface area contributed by atoms with E-state index >= 15 is 0 Å². The highest BCUT2D eigenvalue weighted by atomic mass is 32.2. The topological polar surface area (TPSA) is 93.5 Å². The molecule has 0 fully saturated rings. The highest BCUT2D eigenvalue weighted by Gasteiger charge is 2.19. The minimum atomic E-state index is -0.526. The number of benzene rings is 2. The average Bonchev–Trinajstić information content (AvgIpc) is 2.72. The first kappa shape index (κ1) is 21.4. The third-order valence-electron chi connectivity index (χ3n) is 4.16. The molecule has 0 saturated heterocycles. The smallest absolute Gasteiger partial charge is 0.257 e. The molecule has 0 aliphatic carbocycles. The number of ether oxygens (including phenoxy) is 1. The van der Waals surface area contributed by atoms with E-state index in [0.717, 1.165) is 30.0 Å². The second-order valence-corrected chi connectivity index (χ2v) is 7.88. The first-order chi connectivity index (χ1) is 14.5. The molecule has 0 unspecified atom stereocenters. The van der Waals surface area contributed by atoms with Crippen LogP contribution in [0.15, 0.2) is 70.6 Å². The van der Waals surface area contributed by atoms with Crippen molar-refractivity contribution in [2.75, 3.05) is 5.32 Å². The number of hydrogen-bond donors (Lipinski definition) is 2. The van der Waals surface area contributed by atoms with Gasteiger partial charge in [0, 0.05) is 12.2 Å². The molecule has 2 N–H and O–H groups in total. The zero-order chi connectivity index (χ0) is 21.5. The van der Waals surface area contributed by atoms with Gasteiger partial charge in [0.1, 0.15) is 11.5 Å². The van der Waals surface area contributed by atoms with E-state index in [0.29, 0.717) is 23.1 Å². The number of rotatable bonds is 8. The summed E-state index contributed by atoms with van der Waals surface area (Å²) in [7, 11) is 0. The number of aromatic hydroxyl groups is 1. The van der Waals surface area contributed by atoms with Gasteiger partial charge in [-0.3, -0.25) is 14.2 Å². The highest BCUT2D eigenvalue weighted by Crippen LogP contribution is 2.25. The Labute approximate surface area is 178 Å². The lowest BCUT2D eigenvalue weighted by atomic mass is 10.3. The summed E-state index contributed by atoms with van der Waals surface area (Å²) < 4.78 is 7.20.